The first kappa shape index (κ1) is 59.5. The molecule has 0 aromatic heterocycles. The average Bonchev–Trinajstić information content (AvgIpc) is 3.26. The summed E-state index contributed by atoms with van der Waals surface area (Å²) in [5.74, 6) is -0.605. The minimum Gasteiger partial charge on any atom is -0.393 e. The highest BCUT2D eigenvalue weighted by atomic mass is 31.2. The molecule has 0 radical (unpaired) electrons. The van der Waals surface area contributed by atoms with E-state index in [2.05, 4.69) is 43.5 Å². The molecule has 8 atom stereocenters. The molecule has 8 unspecified atom stereocenters. The molecule has 13 nitrogen and oxygen atoms in total. The smallest absolute Gasteiger partial charge is 0.393 e. The van der Waals surface area contributed by atoms with E-state index in [9.17, 15) is 50.0 Å². The second-order valence-electron chi connectivity index (χ2n) is 17.9. The third-order valence-corrected chi connectivity index (χ3v) is 13.0. The summed E-state index contributed by atoms with van der Waals surface area (Å²) < 4.78 is 22.9. The van der Waals surface area contributed by atoms with Crippen molar-refractivity contribution in [2.45, 2.75) is 261 Å². The maximum Gasteiger partial charge on any atom is 0.472 e. The SMILES string of the molecule is CCCCC/C=C\C=C/CCCCCCC(O)CC(=O)NC(COP(=O)(O)OC1C(O)C(O)C(O)C(O)C1O)C(O)/C=C/CCCCCCCCCCCCCCCCCCCC. The Labute approximate surface area is 381 Å². The van der Waals surface area contributed by atoms with Crippen LogP contribution >= 0.6 is 7.82 Å². The van der Waals surface area contributed by atoms with Crippen molar-refractivity contribution in [2.75, 3.05) is 6.61 Å². The normalized spacial score (nSPS) is 23.1. The number of rotatable bonds is 41. The predicted molar refractivity (Wildman–Crippen MR) is 252 cm³/mol. The van der Waals surface area contributed by atoms with Crippen molar-refractivity contribution in [2.24, 2.45) is 0 Å². The quantitative estimate of drug-likeness (QED) is 0.0121. The molecule has 63 heavy (non-hydrogen) atoms. The van der Waals surface area contributed by atoms with Crippen molar-refractivity contribution in [3.63, 3.8) is 0 Å². The Kier molecular flexibility index (Phi) is 36.5. The summed E-state index contributed by atoms with van der Waals surface area (Å²) >= 11 is 0. The van der Waals surface area contributed by atoms with Gasteiger partial charge >= 0.3 is 7.82 Å². The number of phosphoric acid groups is 1. The van der Waals surface area contributed by atoms with E-state index in [1.807, 2.05) is 0 Å². The van der Waals surface area contributed by atoms with Gasteiger partial charge < -0.3 is 46.0 Å². The molecule has 1 aliphatic carbocycles. The minimum absolute atomic E-state index is 0.259. The summed E-state index contributed by atoms with van der Waals surface area (Å²) in [6.45, 7) is 3.71. The van der Waals surface area contributed by atoms with E-state index in [0.717, 1.165) is 57.8 Å². The van der Waals surface area contributed by atoms with Crippen LogP contribution in [-0.2, 0) is 18.4 Å². The first-order valence-corrected chi connectivity index (χ1v) is 26.5. The number of carbonyl (C=O) groups is 1. The Balaban J connectivity index is 2.52. The summed E-state index contributed by atoms with van der Waals surface area (Å²) in [5, 5.41) is 74.6. The van der Waals surface area contributed by atoms with Gasteiger partial charge in [-0.15, -0.1) is 0 Å². The molecule has 14 heteroatoms. The van der Waals surface area contributed by atoms with Crippen molar-refractivity contribution in [3.05, 3.63) is 36.5 Å². The Morgan fingerprint density at radius 1 is 0.571 bits per heavy atom. The molecule has 1 fully saturated rings. The maximum atomic E-state index is 13.0. The first-order chi connectivity index (χ1) is 30.3. The average molecular weight is 918 g/mol. The number of aliphatic hydroxyl groups excluding tert-OH is 7. The number of allylic oxidation sites excluding steroid dienone is 5. The maximum absolute atomic E-state index is 13.0. The number of hydrogen-bond donors (Lipinski definition) is 9. The zero-order chi connectivity index (χ0) is 46.6. The Bertz CT molecular complexity index is 1220. The van der Waals surface area contributed by atoms with Gasteiger partial charge in [0.05, 0.1) is 31.3 Å². The highest BCUT2D eigenvalue weighted by Crippen LogP contribution is 2.47. The fraction of sp³-hybridized carbons (Fsp3) is 0.857. The summed E-state index contributed by atoms with van der Waals surface area (Å²) in [6, 6.07) is -1.25. The van der Waals surface area contributed by atoms with Crippen LogP contribution in [-0.4, -0.2) is 108 Å². The van der Waals surface area contributed by atoms with Gasteiger partial charge in [-0.3, -0.25) is 13.8 Å². The lowest BCUT2D eigenvalue weighted by molar-refractivity contribution is -0.220. The molecular weight excluding hydrogens is 826 g/mol. The molecule has 1 saturated carbocycles. The summed E-state index contributed by atoms with van der Waals surface area (Å²) in [6.07, 6.45) is 30.8. The fourth-order valence-electron chi connectivity index (χ4n) is 7.88. The Morgan fingerprint density at radius 3 is 1.43 bits per heavy atom. The van der Waals surface area contributed by atoms with E-state index in [-0.39, 0.29) is 6.42 Å². The van der Waals surface area contributed by atoms with Crippen LogP contribution in [0.15, 0.2) is 36.5 Å². The standard InChI is InChI=1S/C49H92NO12P/c1-3-5-7-9-11-13-15-17-18-19-20-21-22-23-25-27-29-31-33-35-37-42(52)41(39-61-63(59,60)62-49-47(57)45(55)44(54)46(56)48(49)58)50-43(53)38-40(51)36-34-32-30-28-26-24-16-14-12-10-8-6-4-2/h12,14,16,24,35,37,40-42,44-49,51-52,54-58H,3-11,13,15,17-23,25-34,36,38-39H2,1-2H3,(H,50,53)(H,59,60)/b14-12-,24-16-,37-35+. The number of carbonyl (C=O) groups excluding carboxylic acids is 1. The van der Waals surface area contributed by atoms with Crippen LogP contribution in [0.1, 0.15) is 206 Å². The topological polar surface area (TPSA) is 226 Å². The summed E-state index contributed by atoms with van der Waals surface area (Å²) in [4.78, 5) is 23.5. The van der Waals surface area contributed by atoms with Gasteiger partial charge in [0, 0.05) is 0 Å². The van der Waals surface area contributed by atoms with Gasteiger partial charge in [0.15, 0.2) is 0 Å². The summed E-state index contributed by atoms with van der Waals surface area (Å²) in [5.41, 5.74) is 0. The van der Waals surface area contributed by atoms with Crippen molar-refractivity contribution in [3.8, 4) is 0 Å². The van der Waals surface area contributed by atoms with E-state index in [0.29, 0.717) is 12.8 Å². The molecule has 0 aromatic rings. The summed E-state index contributed by atoms with van der Waals surface area (Å²) in [7, 11) is -5.15. The number of aliphatic hydroxyl groups is 7. The molecule has 0 saturated heterocycles. The molecule has 1 rings (SSSR count). The van der Waals surface area contributed by atoms with Crippen LogP contribution in [0.4, 0.5) is 0 Å². The zero-order valence-corrected chi connectivity index (χ0v) is 40.1. The number of nitrogens with one attached hydrogen (secondary N) is 1. The highest BCUT2D eigenvalue weighted by molar-refractivity contribution is 7.47. The van der Waals surface area contributed by atoms with Crippen molar-refractivity contribution in [1.82, 2.24) is 5.32 Å². The van der Waals surface area contributed by atoms with Crippen LogP contribution in [0.25, 0.3) is 0 Å². The molecule has 0 aromatic carbocycles. The van der Waals surface area contributed by atoms with Gasteiger partial charge in [-0.25, -0.2) is 4.57 Å². The van der Waals surface area contributed by atoms with E-state index < -0.39 is 75.2 Å². The van der Waals surface area contributed by atoms with Crippen LogP contribution in [0.2, 0.25) is 0 Å². The number of unbranched alkanes of at least 4 members (excludes halogenated alkanes) is 25. The van der Waals surface area contributed by atoms with Crippen LogP contribution in [0.3, 0.4) is 0 Å². The molecule has 0 spiro atoms. The van der Waals surface area contributed by atoms with E-state index in [4.69, 9.17) is 9.05 Å². The molecule has 0 bridgehead atoms. The second kappa shape index (κ2) is 38.6. The number of phosphoric ester groups is 1. The van der Waals surface area contributed by atoms with Crippen LogP contribution < -0.4 is 5.32 Å². The highest BCUT2D eigenvalue weighted by Gasteiger charge is 2.51. The van der Waals surface area contributed by atoms with Gasteiger partial charge in [-0.1, -0.05) is 192 Å². The van der Waals surface area contributed by atoms with E-state index >= 15 is 0 Å². The monoisotopic (exact) mass is 918 g/mol. The van der Waals surface area contributed by atoms with E-state index in [1.165, 1.54) is 122 Å². The molecule has 1 aliphatic rings. The zero-order valence-electron chi connectivity index (χ0n) is 39.2. The number of amides is 1. The minimum atomic E-state index is -5.15. The van der Waals surface area contributed by atoms with Gasteiger partial charge in [-0.2, -0.15) is 0 Å². The molecule has 0 aliphatic heterocycles. The van der Waals surface area contributed by atoms with Crippen LogP contribution in [0.5, 0.6) is 0 Å². The Morgan fingerprint density at radius 2 is 0.952 bits per heavy atom. The molecule has 370 valence electrons. The molecule has 9 N–H and O–H groups in total. The van der Waals surface area contributed by atoms with Crippen molar-refractivity contribution < 1.29 is 59.0 Å². The van der Waals surface area contributed by atoms with Gasteiger partial charge in [0.25, 0.3) is 0 Å². The lowest BCUT2D eigenvalue weighted by Gasteiger charge is -2.41. The van der Waals surface area contributed by atoms with Gasteiger partial charge in [-0.05, 0) is 44.9 Å². The molecule has 1 amide bonds. The predicted octanol–water partition coefficient (Wildman–Crippen LogP) is 8.92. The van der Waals surface area contributed by atoms with Crippen molar-refractivity contribution in [1.29, 1.82) is 0 Å². The third kappa shape index (κ3) is 30.4. The lowest BCUT2D eigenvalue weighted by Crippen LogP contribution is -2.64. The molecule has 0 heterocycles. The second-order valence-corrected chi connectivity index (χ2v) is 19.3. The number of hydrogen-bond acceptors (Lipinski definition) is 11. The third-order valence-electron chi connectivity index (χ3n) is 12.0. The largest absolute Gasteiger partial charge is 0.472 e. The van der Waals surface area contributed by atoms with E-state index in [1.54, 1.807) is 6.08 Å². The molecular formula is C49H92NO12P. The fourth-order valence-corrected chi connectivity index (χ4v) is 8.85. The first-order valence-electron chi connectivity index (χ1n) is 25.0. The lowest BCUT2D eigenvalue weighted by atomic mass is 9.85. The van der Waals surface area contributed by atoms with Crippen molar-refractivity contribution >= 4 is 13.7 Å². The Hall–Kier alpha value is -1.48. The van der Waals surface area contributed by atoms with Crippen LogP contribution in [0, 0.1) is 0 Å². The van der Waals surface area contributed by atoms with Gasteiger partial charge in [0.1, 0.15) is 36.6 Å². The van der Waals surface area contributed by atoms with Gasteiger partial charge in [0.2, 0.25) is 5.91 Å².